The Labute approximate surface area is 135 Å². The van der Waals surface area contributed by atoms with E-state index in [2.05, 4.69) is 69.3 Å². The summed E-state index contributed by atoms with van der Waals surface area (Å²) in [7, 11) is 4.27. The summed E-state index contributed by atoms with van der Waals surface area (Å²) >= 11 is 2.04. The quantitative estimate of drug-likeness (QED) is 0.654. The Balaban J connectivity index is 2.58. The second-order valence-corrected chi connectivity index (χ2v) is 7.36. The molecular weight excluding hydrogens is 276 g/mol. The molecule has 120 valence electrons. The van der Waals surface area contributed by atoms with Crippen molar-refractivity contribution >= 4 is 11.8 Å². The molecule has 0 saturated heterocycles. The molecular formula is C18H32N2S. The second-order valence-electron chi connectivity index (χ2n) is 6.21. The maximum atomic E-state index is 3.69. The van der Waals surface area contributed by atoms with Gasteiger partial charge in [-0.1, -0.05) is 45.0 Å². The molecule has 0 saturated carbocycles. The van der Waals surface area contributed by atoms with Gasteiger partial charge in [-0.3, -0.25) is 0 Å². The molecule has 0 radical (unpaired) electrons. The van der Waals surface area contributed by atoms with Crippen molar-refractivity contribution in [3.05, 3.63) is 35.4 Å². The fraction of sp³-hybridized carbons (Fsp3) is 0.667. The minimum atomic E-state index is 0.471. The Bertz CT molecular complexity index is 373. The van der Waals surface area contributed by atoms with Gasteiger partial charge in [0.05, 0.1) is 0 Å². The summed E-state index contributed by atoms with van der Waals surface area (Å²) in [5.74, 6) is 2.95. The molecule has 1 atom stereocenters. The molecule has 1 rings (SSSR count). The zero-order chi connectivity index (χ0) is 15.7. The minimum absolute atomic E-state index is 0.471. The number of nitrogens with one attached hydrogen (secondary N) is 1. The highest BCUT2D eigenvalue weighted by Gasteiger charge is 2.11. The summed E-state index contributed by atoms with van der Waals surface area (Å²) in [5.41, 5.74) is 2.85. The van der Waals surface area contributed by atoms with E-state index in [0.717, 1.165) is 18.8 Å². The van der Waals surface area contributed by atoms with Crippen LogP contribution in [-0.2, 0) is 0 Å². The van der Waals surface area contributed by atoms with E-state index < -0.39 is 0 Å². The van der Waals surface area contributed by atoms with Crippen LogP contribution in [0.25, 0.3) is 0 Å². The Morgan fingerprint density at radius 2 is 1.71 bits per heavy atom. The van der Waals surface area contributed by atoms with Crippen molar-refractivity contribution in [1.82, 2.24) is 10.2 Å². The summed E-state index contributed by atoms with van der Waals surface area (Å²) in [6.45, 7) is 8.96. The molecule has 0 fully saturated rings. The first-order valence-corrected chi connectivity index (χ1v) is 9.25. The van der Waals surface area contributed by atoms with Gasteiger partial charge in [0.15, 0.2) is 0 Å². The number of nitrogens with zero attached hydrogens (tertiary/aromatic N) is 1. The fourth-order valence-electron chi connectivity index (χ4n) is 2.15. The van der Waals surface area contributed by atoms with E-state index in [1.165, 1.54) is 23.3 Å². The highest BCUT2D eigenvalue weighted by atomic mass is 32.2. The number of hydrogen-bond acceptors (Lipinski definition) is 3. The topological polar surface area (TPSA) is 15.3 Å². The van der Waals surface area contributed by atoms with Crippen LogP contribution >= 0.6 is 11.8 Å². The van der Waals surface area contributed by atoms with Crippen molar-refractivity contribution in [2.24, 2.45) is 0 Å². The van der Waals surface area contributed by atoms with Crippen LogP contribution in [0.3, 0.4) is 0 Å². The maximum absolute atomic E-state index is 3.69. The van der Waals surface area contributed by atoms with Crippen molar-refractivity contribution in [2.45, 2.75) is 39.2 Å². The molecule has 1 N–H and O–H groups in total. The van der Waals surface area contributed by atoms with Gasteiger partial charge in [0.2, 0.25) is 0 Å². The molecule has 0 aliphatic carbocycles. The van der Waals surface area contributed by atoms with Gasteiger partial charge in [-0.25, -0.2) is 0 Å². The van der Waals surface area contributed by atoms with Crippen LogP contribution < -0.4 is 5.32 Å². The van der Waals surface area contributed by atoms with Crippen LogP contribution in [0.1, 0.15) is 50.3 Å². The molecule has 1 aromatic rings. The van der Waals surface area contributed by atoms with Gasteiger partial charge in [0.25, 0.3) is 0 Å². The molecule has 0 spiro atoms. The van der Waals surface area contributed by atoms with E-state index in [1.54, 1.807) is 0 Å². The largest absolute Gasteiger partial charge is 0.309 e. The van der Waals surface area contributed by atoms with Gasteiger partial charge >= 0.3 is 0 Å². The lowest BCUT2D eigenvalue weighted by Gasteiger charge is -2.20. The Hall–Kier alpha value is -0.510. The summed E-state index contributed by atoms with van der Waals surface area (Å²) in [6, 6.07) is 9.64. The summed E-state index contributed by atoms with van der Waals surface area (Å²) in [6.07, 6.45) is 1.18. The highest BCUT2D eigenvalue weighted by molar-refractivity contribution is 7.99. The lowest BCUT2D eigenvalue weighted by Crippen LogP contribution is -2.25. The van der Waals surface area contributed by atoms with Gasteiger partial charge in [-0.2, -0.15) is 11.8 Å². The summed E-state index contributed by atoms with van der Waals surface area (Å²) in [5, 5.41) is 3.69. The number of thioether (sulfide) groups is 1. The average molecular weight is 309 g/mol. The predicted molar refractivity (Wildman–Crippen MR) is 97.4 cm³/mol. The molecule has 0 aliphatic rings. The Morgan fingerprint density at radius 3 is 2.24 bits per heavy atom. The number of benzene rings is 1. The zero-order valence-electron chi connectivity index (χ0n) is 14.4. The Morgan fingerprint density at radius 1 is 1.10 bits per heavy atom. The fourth-order valence-corrected chi connectivity index (χ4v) is 3.36. The van der Waals surface area contributed by atoms with Crippen LogP contribution in [0.15, 0.2) is 24.3 Å². The first-order valence-electron chi connectivity index (χ1n) is 8.10. The first-order chi connectivity index (χ1) is 10.0. The highest BCUT2D eigenvalue weighted by Crippen LogP contribution is 2.22. The van der Waals surface area contributed by atoms with Crippen molar-refractivity contribution in [2.75, 3.05) is 38.7 Å². The smallest absolute Gasteiger partial charge is 0.0411 e. The van der Waals surface area contributed by atoms with Gasteiger partial charge in [0.1, 0.15) is 0 Å². The molecule has 21 heavy (non-hydrogen) atoms. The molecule has 0 bridgehead atoms. The van der Waals surface area contributed by atoms with Crippen molar-refractivity contribution < 1.29 is 0 Å². The van der Waals surface area contributed by atoms with Gasteiger partial charge < -0.3 is 10.2 Å². The first kappa shape index (κ1) is 18.5. The van der Waals surface area contributed by atoms with Crippen LogP contribution in [0.5, 0.6) is 0 Å². The average Bonchev–Trinajstić information content (AvgIpc) is 2.46. The summed E-state index contributed by atoms with van der Waals surface area (Å²) < 4.78 is 0. The van der Waals surface area contributed by atoms with Crippen molar-refractivity contribution in [3.8, 4) is 0 Å². The minimum Gasteiger partial charge on any atom is -0.309 e. The normalized spacial score (nSPS) is 13.1. The maximum Gasteiger partial charge on any atom is 0.0411 e. The molecule has 0 heterocycles. The zero-order valence-corrected chi connectivity index (χ0v) is 15.2. The van der Waals surface area contributed by atoms with E-state index in [4.69, 9.17) is 0 Å². The molecule has 0 aromatic heterocycles. The standard InChI is InChI=1S/C18H32N2S/c1-6-11-19-18(14-21-13-12-20(4)5)17-9-7-16(8-10-17)15(2)3/h7-10,15,18-19H,6,11-14H2,1-5H3. The van der Waals surface area contributed by atoms with Gasteiger partial charge in [0, 0.05) is 24.1 Å². The second kappa shape index (κ2) is 10.3. The molecule has 3 heteroatoms. The van der Waals surface area contributed by atoms with Gasteiger partial charge in [-0.15, -0.1) is 0 Å². The Kier molecular flexibility index (Phi) is 9.05. The molecule has 0 amide bonds. The third-order valence-corrected chi connectivity index (χ3v) is 4.65. The SMILES string of the molecule is CCCNC(CSCCN(C)C)c1ccc(C(C)C)cc1. The van der Waals surface area contributed by atoms with E-state index >= 15 is 0 Å². The van der Waals surface area contributed by atoms with Crippen LogP contribution in [0.2, 0.25) is 0 Å². The van der Waals surface area contributed by atoms with E-state index in [-0.39, 0.29) is 0 Å². The van der Waals surface area contributed by atoms with E-state index in [0.29, 0.717) is 12.0 Å². The third kappa shape index (κ3) is 7.35. The lowest BCUT2D eigenvalue weighted by atomic mass is 9.99. The third-order valence-electron chi connectivity index (χ3n) is 3.61. The molecule has 0 aliphatic heterocycles. The molecule has 2 nitrogen and oxygen atoms in total. The van der Waals surface area contributed by atoms with Crippen molar-refractivity contribution in [3.63, 3.8) is 0 Å². The van der Waals surface area contributed by atoms with Crippen LogP contribution in [0, 0.1) is 0 Å². The van der Waals surface area contributed by atoms with E-state index in [1.807, 2.05) is 11.8 Å². The van der Waals surface area contributed by atoms with Crippen LogP contribution in [0.4, 0.5) is 0 Å². The van der Waals surface area contributed by atoms with E-state index in [9.17, 15) is 0 Å². The number of hydrogen-bond donors (Lipinski definition) is 1. The summed E-state index contributed by atoms with van der Waals surface area (Å²) in [4.78, 5) is 2.25. The van der Waals surface area contributed by atoms with Crippen molar-refractivity contribution in [1.29, 1.82) is 0 Å². The monoisotopic (exact) mass is 308 g/mol. The molecule has 1 aromatic carbocycles. The number of rotatable bonds is 10. The lowest BCUT2D eigenvalue weighted by molar-refractivity contribution is 0.437. The van der Waals surface area contributed by atoms with Gasteiger partial charge in [-0.05, 0) is 44.1 Å². The predicted octanol–water partition coefficient (Wildman–Crippen LogP) is 4.15. The van der Waals surface area contributed by atoms with Crippen LogP contribution in [-0.4, -0.2) is 43.6 Å². The molecule has 1 unspecified atom stereocenters.